The van der Waals surface area contributed by atoms with Crippen molar-refractivity contribution in [2.24, 2.45) is 5.92 Å². The van der Waals surface area contributed by atoms with E-state index in [-0.39, 0.29) is 0 Å². The summed E-state index contributed by atoms with van der Waals surface area (Å²) >= 11 is 0. The quantitative estimate of drug-likeness (QED) is 0.586. The van der Waals surface area contributed by atoms with Gasteiger partial charge in [-0.2, -0.15) is 5.26 Å². The summed E-state index contributed by atoms with van der Waals surface area (Å²) in [4.78, 5) is 0. The molecule has 0 radical (unpaired) electrons. The lowest BCUT2D eigenvalue weighted by Crippen LogP contribution is -2.03. The first kappa shape index (κ1) is 10.8. The summed E-state index contributed by atoms with van der Waals surface area (Å²) in [5, 5.41) is 12.2. The lowest BCUT2D eigenvalue weighted by Gasteiger charge is -2.08. The lowest BCUT2D eigenvalue weighted by atomic mass is 10.1. The van der Waals surface area contributed by atoms with Gasteiger partial charge in [0, 0.05) is 12.2 Å². The van der Waals surface area contributed by atoms with Gasteiger partial charge in [0.25, 0.3) is 0 Å². The van der Waals surface area contributed by atoms with Crippen molar-refractivity contribution >= 4 is 11.4 Å². The van der Waals surface area contributed by atoms with Gasteiger partial charge in [0.2, 0.25) is 0 Å². The van der Waals surface area contributed by atoms with E-state index in [0.29, 0.717) is 11.3 Å². The average Bonchev–Trinajstić information content (AvgIpc) is 3.09. The van der Waals surface area contributed by atoms with Crippen LogP contribution >= 0.6 is 0 Å². The average molecular weight is 215 g/mol. The minimum absolute atomic E-state index is 0.631. The number of anilines is 2. The smallest absolute Gasteiger partial charge is 0.101 e. The number of nitrogen functional groups attached to an aromatic ring is 1. The van der Waals surface area contributed by atoms with Crippen LogP contribution in [0.2, 0.25) is 0 Å². The highest BCUT2D eigenvalue weighted by atomic mass is 14.9. The molecule has 0 unspecified atom stereocenters. The Hall–Kier alpha value is -1.69. The summed E-state index contributed by atoms with van der Waals surface area (Å²) in [5.41, 5.74) is 7.79. The lowest BCUT2D eigenvalue weighted by molar-refractivity contribution is 0.687. The van der Waals surface area contributed by atoms with Crippen molar-refractivity contribution in [3.8, 4) is 6.07 Å². The van der Waals surface area contributed by atoms with E-state index in [1.807, 2.05) is 12.1 Å². The predicted octanol–water partition coefficient (Wildman–Crippen LogP) is 2.74. The van der Waals surface area contributed by atoms with Crippen LogP contribution in [0.4, 0.5) is 11.4 Å². The van der Waals surface area contributed by atoms with Crippen molar-refractivity contribution in [3.05, 3.63) is 23.8 Å². The standard InChI is InChI=1S/C13H17N3/c14-9-11-8-12(15)5-6-13(11)16-7-1-2-10-3-4-10/h5-6,8,10,16H,1-4,7,15H2. The molecule has 0 heterocycles. The summed E-state index contributed by atoms with van der Waals surface area (Å²) in [6.07, 6.45) is 5.31. The number of benzene rings is 1. The Morgan fingerprint density at radius 1 is 1.44 bits per heavy atom. The highest BCUT2D eigenvalue weighted by Crippen LogP contribution is 2.33. The molecule has 1 fully saturated rings. The van der Waals surface area contributed by atoms with E-state index >= 15 is 0 Å². The number of nitrogens with zero attached hydrogens (tertiary/aromatic N) is 1. The first-order valence-corrected chi connectivity index (χ1v) is 5.83. The molecule has 84 valence electrons. The summed E-state index contributed by atoms with van der Waals surface area (Å²) < 4.78 is 0. The number of rotatable bonds is 5. The van der Waals surface area contributed by atoms with Gasteiger partial charge in [0.05, 0.1) is 11.3 Å². The third-order valence-electron chi connectivity index (χ3n) is 2.97. The summed E-state index contributed by atoms with van der Waals surface area (Å²) in [7, 11) is 0. The SMILES string of the molecule is N#Cc1cc(N)ccc1NCCCC1CC1. The van der Waals surface area contributed by atoms with Crippen LogP contribution in [0.3, 0.4) is 0 Å². The second kappa shape index (κ2) is 4.89. The number of hydrogen-bond acceptors (Lipinski definition) is 3. The Bertz CT molecular complexity index is 402. The molecular weight excluding hydrogens is 198 g/mol. The Balaban J connectivity index is 1.85. The van der Waals surface area contributed by atoms with E-state index in [1.165, 1.54) is 25.7 Å². The van der Waals surface area contributed by atoms with Crippen LogP contribution in [0.15, 0.2) is 18.2 Å². The first-order valence-electron chi connectivity index (χ1n) is 5.83. The van der Waals surface area contributed by atoms with Crippen molar-refractivity contribution in [2.75, 3.05) is 17.6 Å². The zero-order chi connectivity index (χ0) is 11.4. The molecule has 0 aromatic heterocycles. The molecular formula is C13H17N3. The van der Waals surface area contributed by atoms with Gasteiger partial charge in [-0.3, -0.25) is 0 Å². The maximum Gasteiger partial charge on any atom is 0.101 e. The predicted molar refractivity (Wildman–Crippen MR) is 66.0 cm³/mol. The molecule has 3 heteroatoms. The van der Waals surface area contributed by atoms with Gasteiger partial charge < -0.3 is 11.1 Å². The fraction of sp³-hybridized carbons (Fsp3) is 0.462. The number of nitrogens with two attached hydrogens (primary N) is 1. The van der Waals surface area contributed by atoms with E-state index in [1.54, 1.807) is 6.07 Å². The first-order chi connectivity index (χ1) is 7.79. The van der Waals surface area contributed by atoms with Crippen molar-refractivity contribution in [3.63, 3.8) is 0 Å². The van der Waals surface area contributed by atoms with Crippen molar-refractivity contribution in [1.29, 1.82) is 5.26 Å². The minimum Gasteiger partial charge on any atom is -0.399 e. The van der Waals surface area contributed by atoms with Gasteiger partial charge in [-0.05, 0) is 37.0 Å². The largest absolute Gasteiger partial charge is 0.399 e. The zero-order valence-corrected chi connectivity index (χ0v) is 9.37. The van der Waals surface area contributed by atoms with Gasteiger partial charge in [-0.1, -0.05) is 12.8 Å². The van der Waals surface area contributed by atoms with E-state index < -0.39 is 0 Å². The van der Waals surface area contributed by atoms with Crippen LogP contribution in [0.25, 0.3) is 0 Å². The number of hydrogen-bond donors (Lipinski definition) is 2. The van der Waals surface area contributed by atoms with Crippen LogP contribution in [0.1, 0.15) is 31.2 Å². The Morgan fingerprint density at radius 3 is 2.94 bits per heavy atom. The molecule has 0 aliphatic heterocycles. The minimum atomic E-state index is 0.631. The molecule has 1 aliphatic rings. The molecule has 1 aromatic carbocycles. The second-order valence-electron chi connectivity index (χ2n) is 4.43. The highest BCUT2D eigenvalue weighted by molar-refractivity contribution is 5.62. The van der Waals surface area contributed by atoms with Crippen LogP contribution in [-0.2, 0) is 0 Å². The van der Waals surface area contributed by atoms with E-state index in [0.717, 1.165) is 18.2 Å². The summed E-state index contributed by atoms with van der Waals surface area (Å²) in [6.45, 7) is 0.940. The number of nitrogens with one attached hydrogen (secondary N) is 1. The van der Waals surface area contributed by atoms with E-state index in [9.17, 15) is 0 Å². The Kier molecular flexibility index (Phi) is 3.31. The van der Waals surface area contributed by atoms with Gasteiger partial charge in [-0.15, -0.1) is 0 Å². The van der Waals surface area contributed by atoms with E-state index in [2.05, 4.69) is 11.4 Å². The summed E-state index contributed by atoms with van der Waals surface area (Å²) in [6, 6.07) is 7.57. The topological polar surface area (TPSA) is 61.8 Å². The molecule has 0 saturated heterocycles. The third kappa shape index (κ3) is 2.90. The van der Waals surface area contributed by atoms with Gasteiger partial charge >= 0.3 is 0 Å². The molecule has 2 rings (SSSR count). The molecule has 1 aromatic rings. The third-order valence-corrected chi connectivity index (χ3v) is 2.97. The Labute approximate surface area is 96.3 Å². The molecule has 0 bridgehead atoms. The summed E-state index contributed by atoms with van der Waals surface area (Å²) in [5.74, 6) is 0.976. The second-order valence-corrected chi connectivity index (χ2v) is 4.43. The molecule has 16 heavy (non-hydrogen) atoms. The molecule has 1 saturated carbocycles. The van der Waals surface area contributed by atoms with Gasteiger partial charge in [-0.25, -0.2) is 0 Å². The van der Waals surface area contributed by atoms with Crippen molar-refractivity contribution in [2.45, 2.75) is 25.7 Å². The molecule has 1 aliphatic carbocycles. The fourth-order valence-corrected chi connectivity index (χ4v) is 1.83. The van der Waals surface area contributed by atoms with Gasteiger partial charge in [0.15, 0.2) is 0 Å². The van der Waals surface area contributed by atoms with Crippen LogP contribution in [0.5, 0.6) is 0 Å². The Morgan fingerprint density at radius 2 is 2.25 bits per heavy atom. The normalized spacial score (nSPS) is 14.4. The molecule has 0 atom stereocenters. The molecule has 0 amide bonds. The van der Waals surface area contributed by atoms with Crippen LogP contribution < -0.4 is 11.1 Å². The maximum atomic E-state index is 8.95. The van der Waals surface area contributed by atoms with Crippen LogP contribution in [-0.4, -0.2) is 6.54 Å². The van der Waals surface area contributed by atoms with Crippen LogP contribution in [0, 0.1) is 17.2 Å². The monoisotopic (exact) mass is 215 g/mol. The number of nitriles is 1. The molecule has 3 N–H and O–H groups in total. The fourth-order valence-electron chi connectivity index (χ4n) is 1.83. The highest BCUT2D eigenvalue weighted by Gasteiger charge is 2.19. The molecule has 3 nitrogen and oxygen atoms in total. The van der Waals surface area contributed by atoms with Crippen molar-refractivity contribution < 1.29 is 0 Å². The van der Waals surface area contributed by atoms with Crippen molar-refractivity contribution in [1.82, 2.24) is 0 Å². The van der Waals surface area contributed by atoms with Gasteiger partial charge in [0.1, 0.15) is 6.07 Å². The zero-order valence-electron chi connectivity index (χ0n) is 9.37. The van der Waals surface area contributed by atoms with E-state index in [4.69, 9.17) is 11.0 Å². The molecule has 0 spiro atoms. The maximum absolute atomic E-state index is 8.95.